The summed E-state index contributed by atoms with van der Waals surface area (Å²) in [5.74, 6) is -0.843. The van der Waals surface area contributed by atoms with Crippen LogP contribution in [0.2, 0.25) is 0 Å². The smallest absolute Gasteiger partial charge is 0.335 e. The number of methoxy groups -OCH3 is 1. The Kier molecular flexibility index (Phi) is 6.03. The highest BCUT2D eigenvalue weighted by Crippen LogP contribution is 2.22. The zero-order valence-corrected chi connectivity index (χ0v) is 12.2. The monoisotopic (exact) mass is 279 g/mol. The van der Waals surface area contributed by atoms with E-state index in [1.54, 1.807) is 4.90 Å². The SMILES string of the molecule is CCCN(CCC)C(=O)c1cc(C(=O)O)ccc1OC. The van der Waals surface area contributed by atoms with Crippen LogP contribution >= 0.6 is 0 Å². The summed E-state index contributed by atoms with van der Waals surface area (Å²) in [4.78, 5) is 25.3. The molecule has 5 nitrogen and oxygen atoms in total. The van der Waals surface area contributed by atoms with Crippen LogP contribution in [-0.4, -0.2) is 42.1 Å². The summed E-state index contributed by atoms with van der Waals surface area (Å²) in [5.41, 5.74) is 0.386. The number of benzene rings is 1. The molecule has 0 fully saturated rings. The lowest BCUT2D eigenvalue weighted by molar-refractivity contribution is 0.0697. The van der Waals surface area contributed by atoms with Gasteiger partial charge in [-0.25, -0.2) is 4.79 Å². The van der Waals surface area contributed by atoms with Gasteiger partial charge in [0.25, 0.3) is 5.91 Å². The number of aromatic carboxylic acids is 1. The van der Waals surface area contributed by atoms with Crippen molar-refractivity contribution in [2.24, 2.45) is 0 Å². The van der Waals surface area contributed by atoms with Crippen LogP contribution in [0.1, 0.15) is 47.4 Å². The van der Waals surface area contributed by atoms with Crippen molar-refractivity contribution in [1.82, 2.24) is 4.90 Å². The molecular weight excluding hydrogens is 258 g/mol. The molecule has 0 bridgehead atoms. The van der Waals surface area contributed by atoms with E-state index in [4.69, 9.17) is 9.84 Å². The average molecular weight is 279 g/mol. The summed E-state index contributed by atoms with van der Waals surface area (Å²) in [7, 11) is 1.47. The molecule has 0 aliphatic carbocycles. The average Bonchev–Trinajstić information content (AvgIpc) is 2.45. The van der Waals surface area contributed by atoms with Crippen molar-refractivity contribution in [3.05, 3.63) is 29.3 Å². The van der Waals surface area contributed by atoms with Crippen molar-refractivity contribution < 1.29 is 19.4 Å². The molecule has 0 saturated heterocycles. The van der Waals surface area contributed by atoms with E-state index >= 15 is 0 Å². The second-order valence-electron chi connectivity index (χ2n) is 4.51. The van der Waals surface area contributed by atoms with Gasteiger partial charge >= 0.3 is 5.97 Å². The first-order valence-electron chi connectivity index (χ1n) is 6.75. The van der Waals surface area contributed by atoms with Crippen molar-refractivity contribution in [3.63, 3.8) is 0 Å². The molecule has 0 aliphatic heterocycles. The van der Waals surface area contributed by atoms with Crippen LogP contribution < -0.4 is 4.74 Å². The fourth-order valence-corrected chi connectivity index (χ4v) is 2.03. The van der Waals surface area contributed by atoms with E-state index in [0.29, 0.717) is 24.4 Å². The molecule has 110 valence electrons. The third kappa shape index (κ3) is 3.73. The largest absolute Gasteiger partial charge is 0.496 e. The van der Waals surface area contributed by atoms with Gasteiger partial charge in [-0.05, 0) is 31.0 Å². The number of ether oxygens (including phenoxy) is 1. The first kappa shape index (κ1) is 16.0. The minimum atomic E-state index is -1.06. The van der Waals surface area contributed by atoms with E-state index < -0.39 is 5.97 Å². The minimum absolute atomic E-state index is 0.0853. The molecule has 0 aliphatic rings. The van der Waals surface area contributed by atoms with E-state index in [0.717, 1.165) is 12.8 Å². The highest BCUT2D eigenvalue weighted by molar-refractivity contribution is 5.99. The summed E-state index contributed by atoms with van der Waals surface area (Å²) in [6.45, 7) is 5.29. The summed E-state index contributed by atoms with van der Waals surface area (Å²) >= 11 is 0. The molecular formula is C15H21NO4. The molecule has 1 rings (SSSR count). The van der Waals surface area contributed by atoms with Crippen LogP contribution in [-0.2, 0) is 0 Å². The highest BCUT2D eigenvalue weighted by Gasteiger charge is 2.20. The molecule has 0 radical (unpaired) electrons. The molecule has 0 aromatic heterocycles. The predicted molar refractivity (Wildman–Crippen MR) is 76.4 cm³/mol. The van der Waals surface area contributed by atoms with Crippen molar-refractivity contribution in [3.8, 4) is 5.75 Å². The first-order valence-corrected chi connectivity index (χ1v) is 6.75. The maximum absolute atomic E-state index is 12.5. The zero-order chi connectivity index (χ0) is 15.1. The van der Waals surface area contributed by atoms with Gasteiger partial charge in [-0.1, -0.05) is 13.8 Å². The second kappa shape index (κ2) is 7.53. The molecule has 20 heavy (non-hydrogen) atoms. The topological polar surface area (TPSA) is 66.8 Å². The number of carbonyl (C=O) groups is 2. The fraction of sp³-hybridized carbons (Fsp3) is 0.467. The van der Waals surface area contributed by atoms with Crippen LogP contribution in [0.5, 0.6) is 5.75 Å². The minimum Gasteiger partial charge on any atom is -0.496 e. The maximum atomic E-state index is 12.5. The van der Waals surface area contributed by atoms with Crippen molar-refractivity contribution in [1.29, 1.82) is 0 Å². The van der Waals surface area contributed by atoms with Crippen LogP contribution in [0, 0.1) is 0 Å². The number of amides is 1. The molecule has 1 aromatic carbocycles. The molecule has 0 spiro atoms. The normalized spacial score (nSPS) is 10.2. The Balaban J connectivity index is 3.16. The Hall–Kier alpha value is -2.04. The van der Waals surface area contributed by atoms with Crippen molar-refractivity contribution in [2.45, 2.75) is 26.7 Å². The lowest BCUT2D eigenvalue weighted by atomic mass is 10.1. The first-order chi connectivity index (χ1) is 9.54. The number of hydrogen-bond acceptors (Lipinski definition) is 3. The van der Waals surface area contributed by atoms with Gasteiger partial charge in [0, 0.05) is 13.1 Å². The predicted octanol–water partition coefficient (Wildman–Crippen LogP) is 2.66. The number of nitrogens with zero attached hydrogens (tertiary/aromatic N) is 1. The van der Waals surface area contributed by atoms with Crippen LogP contribution in [0.4, 0.5) is 0 Å². The molecule has 1 N–H and O–H groups in total. The van der Waals surface area contributed by atoms with Gasteiger partial charge in [0.1, 0.15) is 5.75 Å². The van der Waals surface area contributed by atoms with E-state index in [-0.39, 0.29) is 11.5 Å². The number of rotatable bonds is 7. The third-order valence-electron chi connectivity index (χ3n) is 2.95. The summed E-state index contributed by atoms with van der Waals surface area (Å²) in [5, 5.41) is 9.03. The highest BCUT2D eigenvalue weighted by atomic mass is 16.5. The number of hydrogen-bond donors (Lipinski definition) is 1. The fourth-order valence-electron chi connectivity index (χ4n) is 2.03. The standard InChI is InChI=1S/C15H21NO4/c1-4-8-16(9-5-2)14(17)12-10-11(15(18)19)6-7-13(12)20-3/h6-7,10H,4-5,8-9H2,1-3H3,(H,18,19). The molecule has 5 heteroatoms. The Morgan fingerprint density at radius 3 is 2.25 bits per heavy atom. The van der Waals surface area contributed by atoms with E-state index in [9.17, 15) is 9.59 Å². The van der Waals surface area contributed by atoms with Gasteiger partial charge in [-0.2, -0.15) is 0 Å². The van der Waals surface area contributed by atoms with Crippen molar-refractivity contribution in [2.75, 3.05) is 20.2 Å². The van der Waals surface area contributed by atoms with Gasteiger partial charge in [0.2, 0.25) is 0 Å². The van der Waals surface area contributed by atoms with Crippen LogP contribution in [0.15, 0.2) is 18.2 Å². The molecule has 0 saturated carbocycles. The molecule has 0 unspecified atom stereocenters. The summed E-state index contributed by atoms with van der Waals surface area (Å²) < 4.78 is 5.17. The number of carbonyl (C=O) groups excluding carboxylic acids is 1. The molecule has 1 amide bonds. The molecule has 1 aromatic rings. The van der Waals surface area contributed by atoms with E-state index in [1.165, 1.54) is 25.3 Å². The Morgan fingerprint density at radius 1 is 1.20 bits per heavy atom. The molecule has 0 heterocycles. The Bertz CT molecular complexity index is 479. The molecule has 0 atom stereocenters. The lowest BCUT2D eigenvalue weighted by Gasteiger charge is -2.22. The van der Waals surface area contributed by atoms with Gasteiger partial charge in [-0.3, -0.25) is 4.79 Å². The van der Waals surface area contributed by atoms with Crippen LogP contribution in [0.3, 0.4) is 0 Å². The quantitative estimate of drug-likeness (QED) is 0.833. The van der Waals surface area contributed by atoms with Gasteiger partial charge in [0.05, 0.1) is 18.2 Å². The number of carboxylic acids is 1. The Morgan fingerprint density at radius 2 is 1.80 bits per heavy atom. The lowest BCUT2D eigenvalue weighted by Crippen LogP contribution is -2.32. The van der Waals surface area contributed by atoms with E-state index in [1.807, 2.05) is 13.8 Å². The Labute approximate surface area is 119 Å². The maximum Gasteiger partial charge on any atom is 0.335 e. The zero-order valence-electron chi connectivity index (χ0n) is 12.2. The third-order valence-corrected chi connectivity index (χ3v) is 2.95. The summed E-state index contributed by atoms with van der Waals surface area (Å²) in [6, 6.07) is 4.33. The van der Waals surface area contributed by atoms with Crippen LogP contribution in [0.25, 0.3) is 0 Å². The van der Waals surface area contributed by atoms with Gasteiger partial charge in [0.15, 0.2) is 0 Å². The van der Waals surface area contributed by atoms with E-state index in [2.05, 4.69) is 0 Å². The summed E-state index contributed by atoms with van der Waals surface area (Å²) in [6.07, 6.45) is 1.71. The number of carboxylic acid groups (broad SMARTS) is 1. The van der Waals surface area contributed by atoms with Gasteiger partial charge in [-0.15, -0.1) is 0 Å². The van der Waals surface area contributed by atoms with Gasteiger partial charge < -0.3 is 14.7 Å². The van der Waals surface area contributed by atoms with Crippen molar-refractivity contribution >= 4 is 11.9 Å². The second-order valence-corrected chi connectivity index (χ2v) is 4.51.